The lowest BCUT2D eigenvalue weighted by Crippen LogP contribution is -2.01. The molecule has 1 aromatic heterocycles. The maximum Gasteiger partial charge on any atom is 0.143 e. The lowest BCUT2D eigenvalue weighted by molar-refractivity contribution is -0.117. The molecule has 1 aromatic rings. The molecule has 0 saturated heterocycles. The Hall–Kier alpha value is -0.960. The van der Waals surface area contributed by atoms with E-state index in [0.29, 0.717) is 12.8 Å². The molecule has 0 aliphatic heterocycles. The van der Waals surface area contributed by atoms with Gasteiger partial charge in [0.05, 0.1) is 0 Å². The van der Waals surface area contributed by atoms with Crippen LogP contribution in [-0.2, 0) is 11.2 Å². The first kappa shape index (κ1) is 14.1. The van der Waals surface area contributed by atoms with E-state index in [1.54, 1.807) is 17.6 Å². The van der Waals surface area contributed by atoms with Crippen LogP contribution < -0.4 is 0 Å². The fourth-order valence-electron chi connectivity index (χ4n) is 1.57. The summed E-state index contributed by atoms with van der Waals surface area (Å²) in [7, 11) is 0. The summed E-state index contributed by atoms with van der Waals surface area (Å²) in [5, 5.41) is 2.00. The van der Waals surface area contributed by atoms with Crippen LogP contribution in [0.2, 0.25) is 0 Å². The molecule has 0 bridgehead atoms. The minimum absolute atomic E-state index is 0.254. The predicted octanol–water partition coefficient (Wildman–Crippen LogP) is 3.90. The molecule has 2 nitrogen and oxygen atoms in total. The molecule has 0 fully saturated rings. The molecule has 0 atom stereocenters. The van der Waals surface area contributed by atoms with E-state index in [-0.39, 0.29) is 5.78 Å². The van der Waals surface area contributed by atoms with E-state index in [4.69, 9.17) is 0 Å². The van der Waals surface area contributed by atoms with Gasteiger partial charge in [-0.2, -0.15) is 0 Å². The minimum Gasteiger partial charge on any atom is -0.299 e. The minimum atomic E-state index is 0.254. The van der Waals surface area contributed by atoms with E-state index in [1.807, 2.05) is 17.5 Å². The van der Waals surface area contributed by atoms with Gasteiger partial charge in [0.25, 0.3) is 0 Å². The molecule has 0 N–H and O–H groups in total. The van der Waals surface area contributed by atoms with Crippen LogP contribution in [0.5, 0.6) is 0 Å². The zero-order chi connectivity index (χ0) is 12.3. The van der Waals surface area contributed by atoms with Gasteiger partial charge in [-0.25, -0.2) is 0 Å². The zero-order valence-corrected chi connectivity index (χ0v) is 11.3. The van der Waals surface area contributed by atoms with Crippen LogP contribution in [0.4, 0.5) is 0 Å². The summed E-state index contributed by atoms with van der Waals surface area (Å²) in [5.74, 6) is 0.254. The normalized spacial score (nSPS) is 11.1. The van der Waals surface area contributed by atoms with Crippen molar-refractivity contribution in [3.05, 3.63) is 22.4 Å². The second kappa shape index (κ2) is 9.11. The second-order valence-corrected chi connectivity index (χ2v) is 5.18. The van der Waals surface area contributed by atoms with Crippen LogP contribution in [0.3, 0.4) is 0 Å². The van der Waals surface area contributed by atoms with Crippen molar-refractivity contribution in [3.8, 4) is 0 Å². The SMILES string of the molecule is CCCCCCN=CCC(=O)Cc1cccs1. The van der Waals surface area contributed by atoms with E-state index < -0.39 is 0 Å². The molecule has 0 unspecified atom stereocenters. The van der Waals surface area contributed by atoms with E-state index in [2.05, 4.69) is 11.9 Å². The Bertz CT molecular complexity index is 330. The summed E-state index contributed by atoms with van der Waals surface area (Å²) >= 11 is 1.64. The molecule has 0 aliphatic rings. The fourth-order valence-corrected chi connectivity index (χ4v) is 2.30. The number of carbonyl (C=O) groups excluding carboxylic acids is 1. The Morgan fingerprint density at radius 3 is 3.00 bits per heavy atom. The monoisotopic (exact) mass is 251 g/mol. The van der Waals surface area contributed by atoms with Gasteiger partial charge in [-0.05, 0) is 17.9 Å². The van der Waals surface area contributed by atoms with Gasteiger partial charge in [0.1, 0.15) is 5.78 Å². The maximum absolute atomic E-state index is 11.6. The molecule has 0 aliphatic carbocycles. The highest BCUT2D eigenvalue weighted by molar-refractivity contribution is 7.10. The molecule has 0 amide bonds. The zero-order valence-electron chi connectivity index (χ0n) is 10.5. The van der Waals surface area contributed by atoms with Crippen molar-refractivity contribution >= 4 is 23.3 Å². The Kier molecular flexibility index (Phi) is 7.56. The number of aliphatic imine (C=N–C) groups is 1. The van der Waals surface area contributed by atoms with Crippen molar-refractivity contribution in [3.63, 3.8) is 0 Å². The van der Waals surface area contributed by atoms with Crippen LogP contribution in [0.1, 0.15) is 43.9 Å². The third-order valence-corrected chi connectivity index (χ3v) is 3.42. The standard InChI is InChI=1S/C14H21NOS/c1-2-3-4-5-9-15-10-8-13(16)12-14-7-6-11-17-14/h6-7,10-11H,2-5,8-9,12H2,1H3. The Balaban J connectivity index is 2.05. The number of nitrogens with zero attached hydrogens (tertiary/aromatic N) is 1. The van der Waals surface area contributed by atoms with Gasteiger partial charge in [-0.15, -0.1) is 11.3 Å². The number of carbonyl (C=O) groups is 1. The first-order chi connectivity index (χ1) is 8.33. The summed E-state index contributed by atoms with van der Waals surface area (Å²) in [6.45, 7) is 3.07. The van der Waals surface area contributed by atoms with Crippen molar-refractivity contribution < 1.29 is 4.79 Å². The van der Waals surface area contributed by atoms with Crippen LogP contribution in [-0.4, -0.2) is 18.5 Å². The molecular weight excluding hydrogens is 230 g/mol. The van der Waals surface area contributed by atoms with E-state index >= 15 is 0 Å². The highest BCUT2D eigenvalue weighted by Gasteiger charge is 2.02. The van der Waals surface area contributed by atoms with Crippen molar-refractivity contribution in [1.29, 1.82) is 0 Å². The third kappa shape index (κ3) is 7.05. The highest BCUT2D eigenvalue weighted by Crippen LogP contribution is 2.09. The van der Waals surface area contributed by atoms with Crippen LogP contribution in [0.25, 0.3) is 0 Å². The van der Waals surface area contributed by atoms with Crippen LogP contribution in [0, 0.1) is 0 Å². The molecule has 0 saturated carbocycles. The molecular formula is C14H21NOS. The Morgan fingerprint density at radius 1 is 1.41 bits per heavy atom. The summed E-state index contributed by atoms with van der Waals surface area (Å²) in [4.78, 5) is 17.0. The third-order valence-electron chi connectivity index (χ3n) is 2.54. The Labute approximate surface area is 108 Å². The number of hydrogen-bond acceptors (Lipinski definition) is 3. The van der Waals surface area contributed by atoms with Crippen molar-refractivity contribution in [2.24, 2.45) is 4.99 Å². The van der Waals surface area contributed by atoms with E-state index in [0.717, 1.165) is 17.8 Å². The fraction of sp³-hybridized carbons (Fsp3) is 0.571. The number of Topliss-reactive ketones (excluding diaryl/α,β-unsaturated/α-hetero) is 1. The van der Waals surface area contributed by atoms with Crippen molar-refractivity contribution in [1.82, 2.24) is 0 Å². The maximum atomic E-state index is 11.6. The largest absolute Gasteiger partial charge is 0.299 e. The number of ketones is 1. The Morgan fingerprint density at radius 2 is 2.29 bits per heavy atom. The number of hydrogen-bond donors (Lipinski definition) is 0. The van der Waals surface area contributed by atoms with Crippen LogP contribution >= 0.6 is 11.3 Å². The molecule has 0 radical (unpaired) electrons. The molecule has 17 heavy (non-hydrogen) atoms. The topological polar surface area (TPSA) is 29.4 Å². The first-order valence-corrected chi connectivity index (χ1v) is 7.23. The van der Waals surface area contributed by atoms with Crippen molar-refractivity contribution in [2.45, 2.75) is 45.4 Å². The smallest absolute Gasteiger partial charge is 0.143 e. The number of unbranched alkanes of at least 4 members (excludes halogenated alkanes) is 3. The van der Waals surface area contributed by atoms with Crippen LogP contribution in [0.15, 0.2) is 22.5 Å². The van der Waals surface area contributed by atoms with Crippen molar-refractivity contribution in [2.75, 3.05) is 6.54 Å². The number of rotatable bonds is 9. The first-order valence-electron chi connectivity index (χ1n) is 6.35. The molecule has 1 rings (SSSR count). The summed E-state index contributed by atoms with van der Waals surface area (Å²) in [6, 6.07) is 3.99. The van der Waals surface area contributed by atoms with Gasteiger partial charge in [0.2, 0.25) is 0 Å². The van der Waals surface area contributed by atoms with Gasteiger partial charge < -0.3 is 0 Å². The molecule has 0 spiro atoms. The van der Waals surface area contributed by atoms with Gasteiger partial charge in [0, 0.05) is 30.5 Å². The molecule has 3 heteroatoms. The lowest BCUT2D eigenvalue weighted by atomic mass is 10.2. The van der Waals surface area contributed by atoms with Gasteiger partial charge in [0.15, 0.2) is 0 Å². The van der Waals surface area contributed by atoms with E-state index in [9.17, 15) is 4.79 Å². The average molecular weight is 251 g/mol. The average Bonchev–Trinajstić information content (AvgIpc) is 2.80. The molecule has 94 valence electrons. The summed E-state index contributed by atoms with van der Waals surface area (Å²) < 4.78 is 0. The lowest BCUT2D eigenvalue weighted by Gasteiger charge is -1.95. The molecule has 1 heterocycles. The van der Waals surface area contributed by atoms with Gasteiger partial charge >= 0.3 is 0 Å². The quantitative estimate of drug-likeness (QED) is 0.483. The van der Waals surface area contributed by atoms with E-state index in [1.165, 1.54) is 19.3 Å². The van der Waals surface area contributed by atoms with Gasteiger partial charge in [-0.1, -0.05) is 32.3 Å². The summed E-state index contributed by atoms with van der Waals surface area (Å²) in [5.41, 5.74) is 0. The van der Waals surface area contributed by atoms with Gasteiger partial charge in [-0.3, -0.25) is 9.79 Å². The molecule has 0 aromatic carbocycles. The summed E-state index contributed by atoms with van der Waals surface area (Å²) in [6.07, 6.45) is 7.74. The predicted molar refractivity (Wildman–Crippen MR) is 75.1 cm³/mol. The number of thiophene rings is 1. The highest BCUT2D eigenvalue weighted by atomic mass is 32.1. The second-order valence-electron chi connectivity index (χ2n) is 4.15.